The van der Waals surface area contributed by atoms with Gasteiger partial charge in [-0.2, -0.15) is 0 Å². The molecule has 3 aromatic rings. The molecule has 3 heteroatoms. The van der Waals surface area contributed by atoms with Crippen molar-refractivity contribution in [3.63, 3.8) is 0 Å². The van der Waals surface area contributed by atoms with Gasteiger partial charge in [0, 0.05) is 22.7 Å². The zero-order chi connectivity index (χ0) is 11.8. The maximum atomic E-state index is 14.0. The fourth-order valence-corrected chi connectivity index (χ4v) is 2.08. The van der Waals surface area contributed by atoms with Crippen molar-refractivity contribution < 1.29 is 4.39 Å². The minimum Gasteiger partial charge on any atom is -0.396 e. The van der Waals surface area contributed by atoms with Gasteiger partial charge in [0.25, 0.3) is 0 Å². The first-order chi connectivity index (χ1) is 8.27. The number of aromatic amines is 1. The van der Waals surface area contributed by atoms with Gasteiger partial charge in [0.15, 0.2) is 5.82 Å². The minimum absolute atomic E-state index is 0.176. The van der Waals surface area contributed by atoms with Gasteiger partial charge >= 0.3 is 0 Å². The topological polar surface area (TPSA) is 41.8 Å². The predicted octanol–water partition coefficient (Wildman–Crippen LogP) is 3.56. The molecule has 2 aromatic carbocycles. The van der Waals surface area contributed by atoms with E-state index in [1.807, 2.05) is 30.5 Å². The largest absolute Gasteiger partial charge is 0.396 e. The van der Waals surface area contributed by atoms with E-state index < -0.39 is 0 Å². The second kappa shape index (κ2) is 3.63. The third-order valence-corrected chi connectivity index (χ3v) is 2.91. The standard InChI is InChI=1S/C14H11FN2/c15-14-11(4-1-5-12(14)16)9-3-2-6-13-10(9)7-8-17-13/h1-8,17H,16H2. The van der Waals surface area contributed by atoms with E-state index in [9.17, 15) is 4.39 Å². The van der Waals surface area contributed by atoms with E-state index in [-0.39, 0.29) is 11.5 Å². The Labute approximate surface area is 97.9 Å². The summed E-state index contributed by atoms with van der Waals surface area (Å²) in [6.45, 7) is 0. The third kappa shape index (κ3) is 1.47. The highest BCUT2D eigenvalue weighted by atomic mass is 19.1. The summed E-state index contributed by atoms with van der Waals surface area (Å²) in [5.74, 6) is -0.360. The zero-order valence-electron chi connectivity index (χ0n) is 9.07. The molecular weight excluding hydrogens is 215 g/mol. The Morgan fingerprint density at radius 1 is 0.941 bits per heavy atom. The van der Waals surface area contributed by atoms with Gasteiger partial charge in [-0.1, -0.05) is 24.3 Å². The quantitative estimate of drug-likeness (QED) is 0.612. The van der Waals surface area contributed by atoms with Crippen molar-refractivity contribution in [2.45, 2.75) is 0 Å². The summed E-state index contributed by atoms with van der Waals surface area (Å²) in [5, 5.41) is 0.997. The molecule has 3 N–H and O–H groups in total. The van der Waals surface area contributed by atoms with Crippen LogP contribution in [0.25, 0.3) is 22.0 Å². The van der Waals surface area contributed by atoms with Crippen LogP contribution < -0.4 is 5.73 Å². The van der Waals surface area contributed by atoms with Crippen LogP contribution in [0.2, 0.25) is 0 Å². The van der Waals surface area contributed by atoms with Crippen LogP contribution in [0.3, 0.4) is 0 Å². The summed E-state index contributed by atoms with van der Waals surface area (Å²) in [6, 6.07) is 12.8. The zero-order valence-corrected chi connectivity index (χ0v) is 9.07. The van der Waals surface area contributed by atoms with Crippen LogP contribution in [0.5, 0.6) is 0 Å². The number of nitrogen functional groups attached to an aromatic ring is 1. The Balaban J connectivity index is 2.34. The van der Waals surface area contributed by atoms with Gasteiger partial charge < -0.3 is 10.7 Å². The number of nitrogens with two attached hydrogens (primary N) is 1. The van der Waals surface area contributed by atoms with Crippen molar-refractivity contribution >= 4 is 16.6 Å². The number of benzene rings is 2. The molecule has 0 spiro atoms. The minimum atomic E-state index is -0.360. The molecule has 0 amide bonds. The molecule has 0 unspecified atom stereocenters. The molecule has 84 valence electrons. The van der Waals surface area contributed by atoms with Gasteiger partial charge in [0.1, 0.15) is 0 Å². The van der Waals surface area contributed by atoms with Gasteiger partial charge in [-0.25, -0.2) is 4.39 Å². The van der Waals surface area contributed by atoms with Crippen molar-refractivity contribution in [3.8, 4) is 11.1 Å². The van der Waals surface area contributed by atoms with Crippen LogP contribution in [0.15, 0.2) is 48.7 Å². The Morgan fingerprint density at radius 2 is 1.71 bits per heavy atom. The number of rotatable bonds is 1. The van der Waals surface area contributed by atoms with Crippen molar-refractivity contribution in [2.24, 2.45) is 0 Å². The number of halogens is 1. The first-order valence-corrected chi connectivity index (χ1v) is 5.38. The summed E-state index contributed by atoms with van der Waals surface area (Å²) < 4.78 is 14.0. The van der Waals surface area contributed by atoms with E-state index in [0.29, 0.717) is 5.56 Å². The summed E-state index contributed by atoms with van der Waals surface area (Å²) >= 11 is 0. The Hall–Kier alpha value is -2.29. The van der Waals surface area contributed by atoms with Crippen LogP contribution in [-0.2, 0) is 0 Å². The number of nitrogens with one attached hydrogen (secondary N) is 1. The lowest BCUT2D eigenvalue weighted by molar-refractivity contribution is 0.636. The molecule has 2 nitrogen and oxygen atoms in total. The molecule has 0 bridgehead atoms. The van der Waals surface area contributed by atoms with Crippen molar-refractivity contribution in [1.82, 2.24) is 4.98 Å². The fraction of sp³-hybridized carbons (Fsp3) is 0. The van der Waals surface area contributed by atoms with Gasteiger partial charge in [-0.3, -0.25) is 0 Å². The van der Waals surface area contributed by atoms with Crippen LogP contribution >= 0.6 is 0 Å². The van der Waals surface area contributed by atoms with Crippen LogP contribution in [0.1, 0.15) is 0 Å². The molecule has 0 fully saturated rings. The SMILES string of the molecule is Nc1cccc(-c2cccc3[nH]ccc23)c1F. The monoisotopic (exact) mass is 226 g/mol. The molecule has 1 heterocycles. The normalized spacial score (nSPS) is 10.9. The molecule has 0 aliphatic heterocycles. The second-order valence-electron chi connectivity index (χ2n) is 3.95. The average Bonchev–Trinajstić information content (AvgIpc) is 2.81. The number of hydrogen-bond donors (Lipinski definition) is 2. The van der Waals surface area contributed by atoms with E-state index in [0.717, 1.165) is 16.5 Å². The maximum absolute atomic E-state index is 14.0. The van der Waals surface area contributed by atoms with Crippen molar-refractivity contribution in [2.75, 3.05) is 5.73 Å². The molecule has 1 aromatic heterocycles. The molecular formula is C14H11FN2. The van der Waals surface area contributed by atoms with Gasteiger partial charge in [0.2, 0.25) is 0 Å². The summed E-state index contributed by atoms with van der Waals surface area (Å²) in [5.41, 5.74) is 8.15. The van der Waals surface area contributed by atoms with E-state index in [1.165, 1.54) is 0 Å². The molecule has 0 saturated heterocycles. The molecule has 0 atom stereocenters. The molecule has 0 aliphatic rings. The smallest absolute Gasteiger partial charge is 0.153 e. The van der Waals surface area contributed by atoms with E-state index in [1.54, 1.807) is 18.2 Å². The Kier molecular flexibility index (Phi) is 2.11. The van der Waals surface area contributed by atoms with Crippen LogP contribution in [-0.4, -0.2) is 4.98 Å². The predicted molar refractivity (Wildman–Crippen MR) is 68.1 cm³/mol. The number of H-pyrrole nitrogens is 1. The number of fused-ring (bicyclic) bond motifs is 1. The lowest BCUT2D eigenvalue weighted by atomic mass is 10.0. The highest BCUT2D eigenvalue weighted by Gasteiger charge is 2.10. The van der Waals surface area contributed by atoms with Gasteiger partial charge in [0.05, 0.1) is 5.69 Å². The summed E-state index contributed by atoms with van der Waals surface area (Å²) in [6.07, 6.45) is 1.85. The highest BCUT2D eigenvalue weighted by Crippen LogP contribution is 2.31. The lowest BCUT2D eigenvalue weighted by Crippen LogP contribution is -1.93. The van der Waals surface area contributed by atoms with Gasteiger partial charge in [-0.15, -0.1) is 0 Å². The Morgan fingerprint density at radius 3 is 2.59 bits per heavy atom. The highest BCUT2D eigenvalue weighted by molar-refractivity contribution is 5.95. The van der Waals surface area contributed by atoms with Crippen LogP contribution in [0, 0.1) is 5.82 Å². The maximum Gasteiger partial charge on any atom is 0.153 e. The first-order valence-electron chi connectivity index (χ1n) is 5.38. The fourth-order valence-electron chi connectivity index (χ4n) is 2.08. The van der Waals surface area contributed by atoms with E-state index in [2.05, 4.69) is 4.98 Å². The van der Waals surface area contributed by atoms with E-state index >= 15 is 0 Å². The Bertz CT molecular complexity index is 686. The molecule has 0 radical (unpaired) electrons. The third-order valence-electron chi connectivity index (χ3n) is 2.91. The van der Waals surface area contributed by atoms with Crippen molar-refractivity contribution in [3.05, 3.63) is 54.5 Å². The summed E-state index contributed by atoms with van der Waals surface area (Å²) in [4.78, 5) is 3.11. The van der Waals surface area contributed by atoms with E-state index in [4.69, 9.17) is 5.73 Å². The molecule has 0 saturated carbocycles. The first kappa shape index (κ1) is 9.90. The number of hydrogen-bond acceptors (Lipinski definition) is 1. The second-order valence-corrected chi connectivity index (χ2v) is 3.95. The van der Waals surface area contributed by atoms with Crippen molar-refractivity contribution in [1.29, 1.82) is 0 Å². The average molecular weight is 226 g/mol. The van der Waals surface area contributed by atoms with Crippen LogP contribution in [0.4, 0.5) is 10.1 Å². The number of anilines is 1. The van der Waals surface area contributed by atoms with Gasteiger partial charge in [-0.05, 0) is 23.8 Å². The molecule has 17 heavy (non-hydrogen) atoms. The molecule has 0 aliphatic carbocycles. The lowest BCUT2D eigenvalue weighted by Gasteiger charge is -2.06. The summed E-state index contributed by atoms with van der Waals surface area (Å²) in [7, 11) is 0. The molecule has 3 rings (SSSR count). The number of aromatic nitrogens is 1.